The highest BCUT2D eigenvalue weighted by Gasteiger charge is 2.57. The minimum absolute atomic E-state index is 0.112. The lowest BCUT2D eigenvalue weighted by Crippen LogP contribution is -2.61. The third kappa shape index (κ3) is 6.16. The minimum atomic E-state index is -3.70. The summed E-state index contributed by atoms with van der Waals surface area (Å²) in [5.41, 5.74) is 2.63. The number of carboxylic acids is 1. The molecule has 5 nitrogen and oxygen atoms in total. The van der Waals surface area contributed by atoms with Crippen LogP contribution in [0.15, 0.2) is 78.2 Å². The Morgan fingerprint density at radius 1 is 1.00 bits per heavy atom. The topological polar surface area (TPSA) is 83.5 Å². The second-order valence-corrected chi connectivity index (χ2v) is 12.3. The Labute approximate surface area is 215 Å². The summed E-state index contributed by atoms with van der Waals surface area (Å²) in [5, 5.41) is 10.2. The molecule has 36 heavy (non-hydrogen) atoms. The Morgan fingerprint density at radius 2 is 1.61 bits per heavy atom. The van der Waals surface area contributed by atoms with Crippen molar-refractivity contribution in [1.29, 1.82) is 0 Å². The predicted octanol–water partition coefficient (Wildman–Crippen LogP) is 6.25. The number of benzene rings is 2. The maximum absolute atomic E-state index is 13.5. The fraction of sp³-hybridized carbons (Fsp3) is 0.433. The molecule has 5 rings (SSSR count). The number of nitrogens with one attached hydrogen (secondary N) is 1. The van der Waals surface area contributed by atoms with Crippen LogP contribution in [0.2, 0.25) is 0 Å². The van der Waals surface area contributed by atoms with Gasteiger partial charge in [0.25, 0.3) is 0 Å². The van der Waals surface area contributed by atoms with Gasteiger partial charge in [-0.1, -0.05) is 86.7 Å². The van der Waals surface area contributed by atoms with Gasteiger partial charge in [0.05, 0.1) is 5.41 Å². The van der Waals surface area contributed by atoms with Gasteiger partial charge >= 0.3 is 5.97 Å². The van der Waals surface area contributed by atoms with E-state index in [1.807, 2.05) is 60.7 Å². The minimum Gasteiger partial charge on any atom is -0.481 e. The molecule has 0 aliphatic heterocycles. The van der Waals surface area contributed by atoms with E-state index in [1.54, 1.807) is 0 Å². The van der Waals surface area contributed by atoms with E-state index in [4.69, 9.17) is 5.11 Å². The molecule has 2 aromatic rings. The van der Waals surface area contributed by atoms with Gasteiger partial charge in [-0.2, -0.15) is 0 Å². The number of unbranched alkanes of at least 4 members (excludes halogenated alkanes) is 1. The molecule has 2 bridgehead atoms. The second kappa shape index (κ2) is 11.1. The molecule has 2 N–H and O–H groups in total. The Hall–Kier alpha value is -2.70. The van der Waals surface area contributed by atoms with Gasteiger partial charge in [0.15, 0.2) is 0 Å². The van der Waals surface area contributed by atoms with Gasteiger partial charge in [-0.05, 0) is 66.4 Å². The van der Waals surface area contributed by atoms with Crippen molar-refractivity contribution in [1.82, 2.24) is 4.72 Å². The van der Waals surface area contributed by atoms with E-state index in [1.165, 1.54) is 5.41 Å². The second-order valence-electron chi connectivity index (χ2n) is 10.8. The average molecular weight is 508 g/mol. The van der Waals surface area contributed by atoms with Gasteiger partial charge in [0.1, 0.15) is 0 Å². The molecule has 0 aromatic heterocycles. The van der Waals surface area contributed by atoms with Crippen LogP contribution in [-0.4, -0.2) is 25.5 Å². The van der Waals surface area contributed by atoms with Crippen LogP contribution in [0.1, 0.15) is 63.5 Å². The Bertz CT molecular complexity index is 1160. The number of hydrogen-bond donors (Lipinski definition) is 2. The summed E-state index contributed by atoms with van der Waals surface area (Å²) in [6.07, 6.45) is 8.49. The van der Waals surface area contributed by atoms with E-state index in [9.17, 15) is 13.2 Å². The molecule has 0 radical (unpaired) electrons. The number of rotatable bonds is 11. The molecule has 3 saturated carbocycles. The molecule has 3 aliphatic carbocycles. The summed E-state index contributed by atoms with van der Waals surface area (Å²) in [6, 6.07) is 19.2. The molecule has 4 atom stereocenters. The highest BCUT2D eigenvalue weighted by Crippen LogP contribution is 2.62. The molecule has 0 saturated heterocycles. The summed E-state index contributed by atoms with van der Waals surface area (Å²) in [7, 11) is -3.70. The molecular formula is C30H37NO4S. The van der Waals surface area contributed by atoms with Crippen molar-refractivity contribution in [2.24, 2.45) is 23.2 Å². The quantitative estimate of drug-likeness (QED) is 0.278. The van der Waals surface area contributed by atoms with Crippen LogP contribution in [-0.2, 0) is 14.8 Å². The number of hydrogen-bond acceptors (Lipinski definition) is 3. The molecule has 0 spiro atoms. The largest absolute Gasteiger partial charge is 0.481 e. The molecular weight excluding hydrogens is 470 g/mol. The van der Waals surface area contributed by atoms with Gasteiger partial charge in [0, 0.05) is 18.0 Å². The third-order valence-corrected chi connectivity index (χ3v) is 9.39. The first-order valence-electron chi connectivity index (χ1n) is 12.9. The zero-order valence-electron chi connectivity index (χ0n) is 21.1. The molecule has 2 aromatic carbocycles. The normalized spacial score (nSPS) is 24.7. The Morgan fingerprint density at radius 3 is 2.17 bits per heavy atom. The SMILES string of the molecule is CC1(C)[C@H]2C[C@H](NS(=O)(=O)C=C(c3ccccc3)c3ccccc3)[C@@H](C/C=C\CCCC(=O)O)[C@@H]1C2. The molecule has 0 unspecified atom stereocenters. The number of sulfonamides is 1. The number of fused-ring (bicyclic) bond motifs is 2. The Balaban J connectivity index is 1.54. The first-order chi connectivity index (χ1) is 17.2. The summed E-state index contributed by atoms with van der Waals surface area (Å²) in [5.74, 6) is 0.448. The molecule has 0 amide bonds. The summed E-state index contributed by atoms with van der Waals surface area (Å²) >= 11 is 0. The number of carbonyl (C=O) groups is 1. The molecule has 0 heterocycles. The van der Waals surface area contributed by atoms with E-state index in [-0.39, 0.29) is 23.8 Å². The lowest BCUT2D eigenvalue weighted by Gasteiger charge is -2.62. The van der Waals surface area contributed by atoms with Crippen LogP contribution in [0, 0.1) is 23.2 Å². The third-order valence-electron chi connectivity index (χ3n) is 8.21. The van der Waals surface area contributed by atoms with Crippen LogP contribution >= 0.6 is 0 Å². The van der Waals surface area contributed by atoms with Crippen LogP contribution in [0.5, 0.6) is 0 Å². The van der Waals surface area contributed by atoms with Crippen molar-refractivity contribution >= 4 is 21.6 Å². The van der Waals surface area contributed by atoms with E-state index in [0.717, 1.165) is 36.8 Å². The highest BCUT2D eigenvalue weighted by molar-refractivity contribution is 7.92. The van der Waals surface area contributed by atoms with Crippen LogP contribution in [0.3, 0.4) is 0 Å². The van der Waals surface area contributed by atoms with Gasteiger partial charge < -0.3 is 5.11 Å². The van der Waals surface area contributed by atoms with Gasteiger partial charge in [-0.15, -0.1) is 0 Å². The zero-order chi connectivity index (χ0) is 25.8. The van der Waals surface area contributed by atoms with E-state index in [2.05, 4.69) is 30.7 Å². The first-order valence-corrected chi connectivity index (χ1v) is 14.4. The van der Waals surface area contributed by atoms with Crippen molar-refractivity contribution in [3.63, 3.8) is 0 Å². The average Bonchev–Trinajstić information content (AvgIpc) is 2.85. The monoisotopic (exact) mass is 507 g/mol. The summed E-state index contributed by atoms with van der Waals surface area (Å²) in [6.45, 7) is 4.62. The molecule has 192 valence electrons. The van der Waals surface area contributed by atoms with Crippen molar-refractivity contribution in [2.45, 2.75) is 58.4 Å². The smallest absolute Gasteiger partial charge is 0.303 e. The maximum atomic E-state index is 13.5. The number of carboxylic acid groups (broad SMARTS) is 1. The van der Waals surface area contributed by atoms with Crippen LogP contribution in [0.25, 0.3) is 5.57 Å². The van der Waals surface area contributed by atoms with E-state index in [0.29, 0.717) is 23.8 Å². The molecule has 3 fully saturated rings. The van der Waals surface area contributed by atoms with Crippen molar-refractivity contribution < 1.29 is 18.3 Å². The Kier molecular flexibility index (Phi) is 8.16. The van der Waals surface area contributed by atoms with Crippen LogP contribution < -0.4 is 4.72 Å². The summed E-state index contributed by atoms with van der Waals surface area (Å²) < 4.78 is 30.1. The lowest BCUT2D eigenvalue weighted by atomic mass is 9.44. The molecule has 6 heteroatoms. The fourth-order valence-electron chi connectivity index (χ4n) is 6.09. The lowest BCUT2D eigenvalue weighted by molar-refractivity contribution is -0.137. The zero-order valence-corrected chi connectivity index (χ0v) is 22.0. The van der Waals surface area contributed by atoms with Gasteiger partial charge in [0.2, 0.25) is 10.0 Å². The van der Waals surface area contributed by atoms with E-state index >= 15 is 0 Å². The van der Waals surface area contributed by atoms with E-state index < -0.39 is 16.0 Å². The van der Waals surface area contributed by atoms with Crippen LogP contribution in [0.4, 0.5) is 0 Å². The predicted molar refractivity (Wildman–Crippen MR) is 145 cm³/mol. The fourth-order valence-corrected chi connectivity index (χ4v) is 7.43. The van der Waals surface area contributed by atoms with Crippen molar-refractivity contribution in [3.05, 3.63) is 89.4 Å². The summed E-state index contributed by atoms with van der Waals surface area (Å²) in [4.78, 5) is 10.7. The van der Waals surface area contributed by atoms with Crippen molar-refractivity contribution in [2.75, 3.05) is 0 Å². The van der Waals surface area contributed by atoms with Gasteiger partial charge in [-0.3, -0.25) is 4.79 Å². The van der Waals surface area contributed by atoms with Crippen molar-refractivity contribution in [3.8, 4) is 0 Å². The maximum Gasteiger partial charge on any atom is 0.303 e. The highest BCUT2D eigenvalue weighted by atomic mass is 32.2. The number of allylic oxidation sites excluding steroid dienone is 2. The first kappa shape index (κ1) is 26.4. The molecule has 3 aliphatic rings. The standard InChI is InChI=1S/C30H37NO4S/c1-30(2)24-19-27(30)25(17-11-3-4-12-18-29(32)33)28(20-24)31-36(34,35)21-26(22-13-7-5-8-14-22)23-15-9-6-10-16-23/h3,5-11,13-16,21,24-25,27-28,31H,4,12,17-20H2,1-2H3,(H,32,33)/b11-3-/t24-,25+,27+,28+/m1/s1. The number of aliphatic carboxylic acids is 1. The van der Waals surface area contributed by atoms with Gasteiger partial charge in [-0.25, -0.2) is 13.1 Å².